The number of likely N-dealkylation sites (tertiary alicyclic amines) is 1. The van der Waals surface area contributed by atoms with Gasteiger partial charge in [-0.05, 0) is 37.8 Å². The Balaban J connectivity index is 1.69. The van der Waals surface area contributed by atoms with E-state index in [1.807, 2.05) is 35.2 Å². The van der Waals surface area contributed by atoms with Crippen LogP contribution in [0.5, 0.6) is 0 Å². The molecule has 1 spiro atoms. The number of rotatable bonds is 2. The highest BCUT2D eigenvalue weighted by Crippen LogP contribution is 2.36. The molecule has 2 heterocycles. The van der Waals surface area contributed by atoms with Crippen LogP contribution in [0.4, 0.5) is 0 Å². The van der Waals surface area contributed by atoms with Gasteiger partial charge in [-0.25, -0.2) is 0 Å². The van der Waals surface area contributed by atoms with Crippen molar-refractivity contribution in [1.29, 1.82) is 0 Å². The zero-order valence-electron chi connectivity index (χ0n) is 12.4. The van der Waals surface area contributed by atoms with Gasteiger partial charge in [0, 0.05) is 25.0 Å². The molecule has 2 saturated heterocycles. The second-order valence-electron chi connectivity index (χ2n) is 6.46. The number of amides is 1. The average Bonchev–Trinajstić information content (AvgIpc) is 2.55. The van der Waals surface area contributed by atoms with E-state index in [-0.39, 0.29) is 11.3 Å². The van der Waals surface area contributed by atoms with E-state index < -0.39 is 6.10 Å². The standard InChI is InChI=1S/C17H24N2O2/c20-15(14-6-2-1-3-7-14)16(21)19-11-5-9-17(13-19)8-4-10-18-12-17/h1-3,6-7,15,18,20H,4-5,8-13H2. The summed E-state index contributed by atoms with van der Waals surface area (Å²) in [6, 6.07) is 9.22. The Morgan fingerprint density at radius 2 is 2.00 bits per heavy atom. The van der Waals surface area contributed by atoms with Crippen LogP contribution in [0.25, 0.3) is 0 Å². The zero-order chi connectivity index (χ0) is 14.7. The summed E-state index contributed by atoms with van der Waals surface area (Å²) in [6.07, 6.45) is 3.56. The Labute approximate surface area is 126 Å². The number of piperidine rings is 2. The first-order valence-electron chi connectivity index (χ1n) is 7.93. The number of nitrogens with one attached hydrogen (secondary N) is 1. The molecule has 2 aliphatic rings. The number of hydrogen-bond donors (Lipinski definition) is 2. The van der Waals surface area contributed by atoms with E-state index in [1.54, 1.807) is 0 Å². The molecule has 1 aromatic carbocycles. The number of nitrogens with zero attached hydrogens (tertiary/aromatic N) is 1. The van der Waals surface area contributed by atoms with E-state index in [9.17, 15) is 9.90 Å². The van der Waals surface area contributed by atoms with Gasteiger partial charge in [-0.2, -0.15) is 0 Å². The normalized spacial score (nSPS) is 27.6. The van der Waals surface area contributed by atoms with Crippen LogP contribution in [0.1, 0.15) is 37.4 Å². The van der Waals surface area contributed by atoms with Crippen molar-refractivity contribution in [3.63, 3.8) is 0 Å². The minimum atomic E-state index is -1.03. The van der Waals surface area contributed by atoms with Crippen LogP contribution in [0.15, 0.2) is 30.3 Å². The second kappa shape index (κ2) is 6.16. The van der Waals surface area contributed by atoms with E-state index in [0.29, 0.717) is 5.56 Å². The van der Waals surface area contributed by atoms with Crippen molar-refractivity contribution in [2.45, 2.75) is 31.8 Å². The van der Waals surface area contributed by atoms with Crippen molar-refractivity contribution in [3.8, 4) is 0 Å². The maximum atomic E-state index is 12.6. The molecule has 0 saturated carbocycles. The predicted octanol–water partition coefficient (Wildman–Crippen LogP) is 1.71. The molecule has 3 rings (SSSR count). The Morgan fingerprint density at radius 1 is 1.24 bits per heavy atom. The van der Waals surface area contributed by atoms with Gasteiger partial charge in [0.1, 0.15) is 0 Å². The molecule has 4 nitrogen and oxygen atoms in total. The highest BCUT2D eigenvalue weighted by molar-refractivity contribution is 5.82. The number of benzene rings is 1. The smallest absolute Gasteiger partial charge is 0.256 e. The van der Waals surface area contributed by atoms with Crippen molar-refractivity contribution < 1.29 is 9.90 Å². The largest absolute Gasteiger partial charge is 0.378 e. The highest BCUT2D eigenvalue weighted by atomic mass is 16.3. The van der Waals surface area contributed by atoms with Crippen LogP contribution < -0.4 is 5.32 Å². The SMILES string of the molecule is O=C(C(O)c1ccccc1)N1CCCC2(CCCNC2)C1. The van der Waals surface area contributed by atoms with Gasteiger partial charge in [-0.3, -0.25) is 4.79 Å². The Morgan fingerprint density at radius 3 is 2.71 bits per heavy atom. The molecule has 0 aromatic heterocycles. The molecule has 2 unspecified atom stereocenters. The molecule has 2 atom stereocenters. The first-order chi connectivity index (χ1) is 10.2. The average molecular weight is 288 g/mol. The Bertz CT molecular complexity index is 477. The summed E-state index contributed by atoms with van der Waals surface area (Å²) < 4.78 is 0. The molecule has 1 amide bonds. The molecule has 2 fully saturated rings. The zero-order valence-corrected chi connectivity index (χ0v) is 12.4. The minimum absolute atomic E-state index is 0.147. The van der Waals surface area contributed by atoms with Crippen LogP contribution >= 0.6 is 0 Å². The first-order valence-corrected chi connectivity index (χ1v) is 7.93. The minimum Gasteiger partial charge on any atom is -0.378 e. The molecule has 4 heteroatoms. The molecular formula is C17H24N2O2. The van der Waals surface area contributed by atoms with Crippen molar-refractivity contribution in [2.24, 2.45) is 5.41 Å². The van der Waals surface area contributed by atoms with E-state index in [1.165, 1.54) is 19.3 Å². The number of carbonyl (C=O) groups is 1. The first kappa shape index (κ1) is 14.5. The molecular weight excluding hydrogens is 264 g/mol. The monoisotopic (exact) mass is 288 g/mol. The van der Waals surface area contributed by atoms with Crippen LogP contribution in [0, 0.1) is 5.41 Å². The van der Waals surface area contributed by atoms with E-state index in [2.05, 4.69) is 5.32 Å². The molecule has 1 aromatic rings. The number of aliphatic hydroxyl groups excluding tert-OH is 1. The quantitative estimate of drug-likeness (QED) is 0.871. The molecule has 2 aliphatic heterocycles. The number of aliphatic hydroxyl groups is 1. The summed E-state index contributed by atoms with van der Waals surface area (Å²) in [4.78, 5) is 14.4. The topological polar surface area (TPSA) is 52.6 Å². The van der Waals surface area contributed by atoms with Gasteiger partial charge in [0.2, 0.25) is 0 Å². The van der Waals surface area contributed by atoms with Gasteiger partial charge in [-0.1, -0.05) is 30.3 Å². The summed E-state index contributed by atoms with van der Waals surface area (Å²) >= 11 is 0. The lowest BCUT2D eigenvalue weighted by Gasteiger charge is -2.45. The van der Waals surface area contributed by atoms with Crippen LogP contribution in [0.3, 0.4) is 0 Å². The summed E-state index contributed by atoms with van der Waals surface area (Å²) in [5.41, 5.74) is 0.909. The van der Waals surface area contributed by atoms with Crippen molar-refractivity contribution >= 4 is 5.91 Å². The third-order valence-corrected chi connectivity index (χ3v) is 4.88. The Hall–Kier alpha value is -1.39. The van der Waals surface area contributed by atoms with Crippen LogP contribution in [0.2, 0.25) is 0 Å². The summed E-state index contributed by atoms with van der Waals surface area (Å²) in [7, 11) is 0. The molecule has 0 aliphatic carbocycles. The maximum absolute atomic E-state index is 12.6. The fraction of sp³-hybridized carbons (Fsp3) is 0.588. The molecule has 21 heavy (non-hydrogen) atoms. The maximum Gasteiger partial charge on any atom is 0.256 e. The molecule has 0 bridgehead atoms. The number of hydrogen-bond acceptors (Lipinski definition) is 3. The third kappa shape index (κ3) is 3.11. The predicted molar refractivity (Wildman–Crippen MR) is 81.8 cm³/mol. The van der Waals surface area contributed by atoms with Gasteiger partial charge >= 0.3 is 0 Å². The van der Waals surface area contributed by atoms with E-state index in [4.69, 9.17) is 0 Å². The summed E-state index contributed by atoms with van der Waals surface area (Å²) in [5, 5.41) is 13.8. The summed E-state index contributed by atoms with van der Waals surface area (Å²) in [6.45, 7) is 3.63. The van der Waals surface area contributed by atoms with Gasteiger partial charge in [0.25, 0.3) is 5.91 Å². The second-order valence-corrected chi connectivity index (χ2v) is 6.46. The van der Waals surface area contributed by atoms with Crippen LogP contribution in [-0.4, -0.2) is 42.1 Å². The lowest BCUT2D eigenvalue weighted by molar-refractivity contribution is -0.144. The lowest BCUT2D eigenvalue weighted by Crippen LogP contribution is -2.53. The van der Waals surface area contributed by atoms with Gasteiger partial charge in [0.15, 0.2) is 6.10 Å². The highest BCUT2D eigenvalue weighted by Gasteiger charge is 2.39. The molecule has 0 radical (unpaired) electrons. The Kier molecular flexibility index (Phi) is 4.27. The fourth-order valence-electron chi connectivity index (χ4n) is 3.73. The van der Waals surface area contributed by atoms with Gasteiger partial charge < -0.3 is 15.3 Å². The van der Waals surface area contributed by atoms with Crippen molar-refractivity contribution in [1.82, 2.24) is 10.2 Å². The van der Waals surface area contributed by atoms with E-state index in [0.717, 1.165) is 32.6 Å². The van der Waals surface area contributed by atoms with Gasteiger partial charge in [-0.15, -0.1) is 0 Å². The van der Waals surface area contributed by atoms with E-state index >= 15 is 0 Å². The van der Waals surface area contributed by atoms with Crippen molar-refractivity contribution in [3.05, 3.63) is 35.9 Å². The number of carbonyl (C=O) groups excluding carboxylic acids is 1. The lowest BCUT2D eigenvalue weighted by atomic mass is 9.74. The van der Waals surface area contributed by atoms with Crippen LogP contribution in [-0.2, 0) is 4.79 Å². The fourth-order valence-corrected chi connectivity index (χ4v) is 3.73. The van der Waals surface area contributed by atoms with Crippen molar-refractivity contribution in [2.75, 3.05) is 26.2 Å². The molecule has 114 valence electrons. The third-order valence-electron chi connectivity index (χ3n) is 4.88. The summed E-state index contributed by atoms with van der Waals surface area (Å²) in [5.74, 6) is -0.147. The van der Waals surface area contributed by atoms with Gasteiger partial charge in [0.05, 0.1) is 0 Å². The molecule has 2 N–H and O–H groups in total.